The Labute approximate surface area is 202 Å². The van der Waals surface area contributed by atoms with Crippen molar-refractivity contribution in [1.82, 2.24) is 4.90 Å². The zero-order valence-corrected chi connectivity index (χ0v) is 21.1. The number of morpholine rings is 1. The highest BCUT2D eigenvalue weighted by Crippen LogP contribution is 2.34. The summed E-state index contributed by atoms with van der Waals surface area (Å²) in [6.45, 7) is 7.45. The van der Waals surface area contributed by atoms with Crippen molar-refractivity contribution in [3.8, 4) is 11.5 Å². The van der Waals surface area contributed by atoms with Gasteiger partial charge in [0.25, 0.3) is 5.91 Å². The molecule has 3 rings (SSSR count). The van der Waals surface area contributed by atoms with Crippen LogP contribution in [0, 0.1) is 10.5 Å². The Hall–Kier alpha value is -1.91. The number of methoxy groups -OCH3 is 1. The molecule has 2 aromatic rings. The van der Waals surface area contributed by atoms with Crippen LogP contribution in [0.4, 0.5) is 5.69 Å². The van der Waals surface area contributed by atoms with Gasteiger partial charge in [-0.2, -0.15) is 0 Å². The number of amides is 1. The van der Waals surface area contributed by atoms with Gasteiger partial charge in [-0.25, -0.2) is 0 Å². The van der Waals surface area contributed by atoms with E-state index >= 15 is 0 Å². The minimum atomic E-state index is -0.237. The molecular weight excluding hydrogens is 527 g/mol. The summed E-state index contributed by atoms with van der Waals surface area (Å²) in [4.78, 5) is 15.2. The number of aryl methyl sites for hydroxylation is 1. The molecule has 2 aromatic carbocycles. The van der Waals surface area contributed by atoms with Crippen molar-refractivity contribution in [3.63, 3.8) is 0 Å². The van der Waals surface area contributed by atoms with Crippen LogP contribution in [0.15, 0.2) is 36.4 Å². The van der Waals surface area contributed by atoms with E-state index in [1.54, 1.807) is 7.11 Å². The highest BCUT2D eigenvalue weighted by Gasteiger charge is 2.25. The predicted octanol–water partition coefficient (Wildman–Crippen LogP) is 4.41. The number of hydrogen-bond acceptors (Lipinski definition) is 5. The first-order valence-electron chi connectivity index (χ1n) is 10.1. The van der Waals surface area contributed by atoms with Crippen LogP contribution >= 0.6 is 34.8 Å². The van der Waals surface area contributed by atoms with E-state index in [-0.39, 0.29) is 24.7 Å². The van der Waals surface area contributed by atoms with Gasteiger partial charge in [0.1, 0.15) is 4.99 Å². The topological polar surface area (TPSA) is 60.0 Å². The van der Waals surface area contributed by atoms with Crippen molar-refractivity contribution in [3.05, 3.63) is 51.1 Å². The lowest BCUT2D eigenvalue weighted by atomic mass is 10.1. The number of carbonyl (C=O) groups excluding carboxylic acids is 1. The molecule has 1 heterocycles. The molecule has 1 amide bonds. The second-order valence-corrected chi connectivity index (χ2v) is 9.21. The molecule has 0 aromatic heterocycles. The number of nitrogens with one attached hydrogen (secondary N) is 1. The van der Waals surface area contributed by atoms with E-state index in [0.717, 1.165) is 38.5 Å². The quantitative estimate of drug-likeness (QED) is 0.422. The summed E-state index contributed by atoms with van der Waals surface area (Å²) in [5.74, 6) is 0.832. The Morgan fingerprint density at radius 2 is 1.97 bits per heavy atom. The lowest BCUT2D eigenvalue weighted by Gasteiger charge is -2.37. The number of hydrogen-bond donors (Lipinski definition) is 1. The van der Waals surface area contributed by atoms with Gasteiger partial charge >= 0.3 is 0 Å². The number of halogens is 1. The second-order valence-electron chi connectivity index (χ2n) is 7.66. The molecule has 0 aliphatic carbocycles. The smallest absolute Gasteiger partial charge is 0.262 e. The Balaban J connectivity index is 1.70. The summed E-state index contributed by atoms with van der Waals surface area (Å²) in [6, 6.07) is 11.5. The van der Waals surface area contributed by atoms with Gasteiger partial charge in [0, 0.05) is 24.3 Å². The fourth-order valence-electron chi connectivity index (χ4n) is 3.57. The van der Waals surface area contributed by atoms with E-state index in [0.29, 0.717) is 11.5 Å². The average molecular weight is 554 g/mol. The third kappa shape index (κ3) is 6.30. The van der Waals surface area contributed by atoms with Gasteiger partial charge < -0.3 is 24.4 Å². The maximum atomic E-state index is 12.3. The van der Waals surface area contributed by atoms with Crippen molar-refractivity contribution in [2.45, 2.75) is 33.0 Å². The summed E-state index contributed by atoms with van der Waals surface area (Å²) in [6.07, 6.45) is 0.245. The van der Waals surface area contributed by atoms with E-state index in [1.165, 1.54) is 0 Å². The first kappa shape index (κ1) is 23.7. The highest BCUT2D eigenvalue weighted by atomic mass is 127. The SMILES string of the molecule is COc1cc(C(=S)N2C[C@H](C)O[C@@H](C)C2)cc(I)c1OCC(=O)Nc1cccc(C)c1. The molecule has 0 spiro atoms. The van der Waals surface area contributed by atoms with E-state index < -0.39 is 0 Å². The Bertz CT molecular complexity index is 959. The van der Waals surface area contributed by atoms with Gasteiger partial charge in [-0.3, -0.25) is 4.79 Å². The molecule has 6 nitrogen and oxygen atoms in total. The van der Waals surface area contributed by atoms with Crippen LogP contribution in [0.5, 0.6) is 11.5 Å². The standard InChI is InChI=1S/C23H27IN2O4S/c1-14-6-5-7-18(8-14)25-21(27)13-29-22-19(24)9-17(10-20(22)28-4)23(31)26-11-15(2)30-16(3)12-26/h5-10,15-16H,11-13H2,1-4H3,(H,25,27)/t15-,16-/m0/s1. The maximum absolute atomic E-state index is 12.3. The van der Waals surface area contributed by atoms with Crippen molar-refractivity contribution >= 4 is 51.4 Å². The summed E-state index contributed by atoms with van der Waals surface area (Å²) < 4.78 is 18.0. The van der Waals surface area contributed by atoms with Crippen molar-refractivity contribution in [2.24, 2.45) is 0 Å². The number of thiocarbonyl (C=S) groups is 1. The zero-order valence-electron chi connectivity index (χ0n) is 18.1. The van der Waals surface area contributed by atoms with Crippen LogP contribution in [0.3, 0.4) is 0 Å². The first-order valence-corrected chi connectivity index (χ1v) is 11.6. The Morgan fingerprint density at radius 3 is 2.61 bits per heavy atom. The number of ether oxygens (including phenoxy) is 3. The summed E-state index contributed by atoms with van der Waals surface area (Å²) in [7, 11) is 1.58. The van der Waals surface area contributed by atoms with E-state index in [2.05, 4.69) is 32.8 Å². The van der Waals surface area contributed by atoms with Crippen molar-refractivity contribution < 1.29 is 19.0 Å². The van der Waals surface area contributed by atoms with Crippen LogP contribution < -0.4 is 14.8 Å². The predicted molar refractivity (Wildman–Crippen MR) is 134 cm³/mol. The highest BCUT2D eigenvalue weighted by molar-refractivity contribution is 14.1. The number of benzene rings is 2. The average Bonchev–Trinajstić information content (AvgIpc) is 2.71. The molecule has 1 aliphatic rings. The molecule has 0 bridgehead atoms. The van der Waals surface area contributed by atoms with Gasteiger partial charge in [-0.1, -0.05) is 24.4 Å². The largest absolute Gasteiger partial charge is 0.493 e. The molecule has 2 atom stereocenters. The Kier molecular flexibility index (Phi) is 8.12. The molecule has 0 unspecified atom stereocenters. The van der Waals surface area contributed by atoms with Gasteiger partial charge in [0.2, 0.25) is 0 Å². The van der Waals surface area contributed by atoms with E-state index in [9.17, 15) is 4.79 Å². The molecular formula is C23H27IN2O4S. The molecule has 0 saturated carbocycles. The number of anilines is 1. The Morgan fingerprint density at radius 1 is 1.26 bits per heavy atom. The third-order valence-corrected chi connectivity index (χ3v) is 6.13. The monoisotopic (exact) mass is 554 g/mol. The first-order chi connectivity index (χ1) is 14.8. The second kappa shape index (κ2) is 10.6. The molecule has 166 valence electrons. The van der Waals surface area contributed by atoms with E-state index in [4.69, 9.17) is 26.4 Å². The van der Waals surface area contributed by atoms with Gasteiger partial charge in [0.15, 0.2) is 18.1 Å². The molecule has 31 heavy (non-hydrogen) atoms. The number of nitrogens with zero attached hydrogens (tertiary/aromatic N) is 1. The van der Waals surface area contributed by atoms with Crippen molar-refractivity contribution in [1.29, 1.82) is 0 Å². The van der Waals surface area contributed by atoms with Gasteiger partial charge in [0.05, 0.1) is 22.9 Å². The molecule has 1 fully saturated rings. The zero-order chi connectivity index (χ0) is 22.5. The summed E-state index contributed by atoms with van der Waals surface area (Å²) in [5.41, 5.74) is 2.70. The van der Waals surface area contributed by atoms with Crippen LogP contribution in [0.25, 0.3) is 0 Å². The minimum absolute atomic E-state index is 0.122. The van der Waals surface area contributed by atoms with E-state index in [1.807, 2.05) is 57.2 Å². The lowest BCUT2D eigenvalue weighted by Crippen LogP contribution is -2.47. The molecule has 1 aliphatic heterocycles. The minimum Gasteiger partial charge on any atom is -0.493 e. The van der Waals surface area contributed by atoms with Crippen LogP contribution in [0.1, 0.15) is 25.0 Å². The van der Waals surface area contributed by atoms with Crippen LogP contribution in [-0.2, 0) is 9.53 Å². The third-order valence-electron chi connectivity index (χ3n) is 4.83. The fraction of sp³-hybridized carbons (Fsp3) is 0.391. The maximum Gasteiger partial charge on any atom is 0.262 e. The molecule has 8 heteroatoms. The fourth-order valence-corrected chi connectivity index (χ4v) is 4.59. The molecule has 1 saturated heterocycles. The number of rotatable bonds is 6. The lowest BCUT2D eigenvalue weighted by molar-refractivity contribution is -0.118. The van der Waals surface area contributed by atoms with Crippen LogP contribution in [-0.4, -0.2) is 54.8 Å². The summed E-state index contributed by atoms with van der Waals surface area (Å²) >= 11 is 7.94. The van der Waals surface area contributed by atoms with Gasteiger partial charge in [-0.15, -0.1) is 0 Å². The van der Waals surface area contributed by atoms with Crippen molar-refractivity contribution in [2.75, 3.05) is 32.1 Å². The van der Waals surface area contributed by atoms with Gasteiger partial charge in [-0.05, 0) is 73.2 Å². The van der Waals surface area contributed by atoms with Crippen LogP contribution in [0.2, 0.25) is 0 Å². The molecule has 0 radical (unpaired) electrons. The normalized spacial score (nSPS) is 18.4. The summed E-state index contributed by atoms with van der Waals surface area (Å²) in [5, 5.41) is 2.84. The molecule has 1 N–H and O–H groups in total. The number of carbonyl (C=O) groups is 1.